The van der Waals surface area contributed by atoms with Crippen LogP contribution in [-0.2, 0) is 9.47 Å². The Labute approximate surface area is 248 Å². The van der Waals surface area contributed by atoms with E-state index >= 15 is 0 Å². The standard InChI is InChI=1S/C35H39NO6/c1-4-39-23-9-7-5-6-8-10-24-40-31-19-17-30(18-20-31)34(37)41-32-21-15-28(16-22-32)27-11-13-29(14-12-27)35(38)42-33(25-36)26(2)3/h4,11-22,26,33H,1,5-10,23-24H2,2-3H3/t33-/m1/s1. The van der Waals surface area contributed by atoms with Crippen molar-refractivity contribution in [3.63, 3.8) is 0 Å². The molecular formula is C35H39NO6. The summed E-state index contributed by atoms with van der Waals surface area (Å²) >= 11 is 0. The van der Waals surface area contributed by atoms with Crippen molar-refractivity contribution in [3.05, 3.63) is 96.8 Å². The maximum atomic E-state index is 12.6. The third-order valence-corrected chi connectivity index (χ3v) is 6.62. The molecule has 0 radical (unpaired) electrons. The fourth-order valence-electron chi connectivity index (χ4n) is 4.13. The lowest BCUT2D eigenvalue weighted by Gasteiger charge is -2.14. The van der Waals surface area contributed by atoms with E-state index in [1.54, 1.807) is 60.7 Å². The van der Waals surface area contributed by atoms with Gasteiger partial charge in [-0.25, -0.2) is 9.59 Å². The number of hydrogen-bond acceptors (Lipinski definition) is 7. The van der Waals surface area contributed by atoms with E-state index in [9.17, 15) is 9.59 Å². The number of carbonyl (C=O) groups excluding carboxylic acids is 2. The van der Waals surface area contributed by atoms with Gasteiger partial charge in [0, 0.05) is 5.92 Å². The molecule has 3 aromatic carbocycles. The molecule has 0 amide bonds. The number of nitrogens with zero attached hydrogens (tertiary/aromatic N) is 1. The molecule has 0 aromatic heterocycles. The highest BCUT2D eigenvalue weighted by molar-refractivity contribution is 5.91. The molecule has 3 aromatic rings. The molecule has 220 valence electrons. The largest absolute Gasteiger partial charge is 0.502 e. The minimum atomic E-state index is -0.789. The number of rotatable bonds is 17. The first-order valence-corrected chi connectivity index (χ1v) is 14.4. The van der Waals surface area contributed by atoms with Crippen LogP contribution in [0, 0.1) is 17.2 Å². The summed E-state index contributed by atoms with van der Waals surface area (Å²) in [7, 11) is 0. The SMILES string of the molecule is C=COCCCCCCCCOc1ccc(C(=O)Oc2ccc(-c3ccc(C(=O)O[C@H](C#N)C(C)C)cc3)cc2)cc1. The molecule has 1 atom stereocenters. The minimum absolute atomic E-state index is 0.0890. The molecule has 0 saturated carbocycles. The van der Waals surface area contributed by atoms with Gasteiger partial charge in [-0.2, -0.15) is 5.26 Å². The summed E-state index contributed by atoms with van der Waals surface area (Å²) in [4.78, 5) is 25.0. The van der Waals surface area contributed by atoms with E-state index in [1.165, 1.54) is 19.1 Å². The maximum absolute atomic E-state index is 12.6. The third kappa shape index (κ3) is 10.4. The van der Waals surface area contributed by atoms with Crippen LogP contribution in [0.15, 0.2) is 85.6 Å². The van der Waals surface area contributed by atoms with Gasteiger partial charge in [0.2, 0.25) is 0 Å². The smallest absolute Gasteiger partial charge is 0.343 e. The highest BCUT2D eigenvalue weighted by atomic mass is 16.5. The van der Waals surface area contributed by atoms with Crippen LogP contribution in [-0.4, -0.2) is 31.3 Å². The highest BCUT2D eigenvalue weighted by Crippen LogP contribution is 2.24. The van der Waals surface area contributed by atoms with Crippen molar-refractivity contribution in [2.75, 3.05) is 13.2 Å². The quantitative estimate of drug-likeness (QED) is 0.0700. The van der Waals surface area contributed by atoms with Crippen LogP contribution >= 0.6 is 0 Å². The highest BCUT2D eigenvalue weighted by Gasteiger charge is 2.18. The summed E-state index contributed by atoms with van der Waals surface area (Å²) in [6.07, 6.45) is 7.39. The predicted octanol–water partition coefficient (Wildman–Crippen LogP) is 8.16. The van der Waals surface area contributed by atoms with Crippen LogP contribution in [0.2, 0.25) is 0 Å². The zero-order valence-corrected chi connectivity index (χ0v) is 24.4. The molecule has 0 unspecified atom stereocenters. The number of esters is 2. The molecule has 0 fully saturated rings. The molecule has 3 rings (SSSR count). The van der Waals surface area contributed by atoms with Gasteiger partial charge in [-0.05, 0) is 72.5 Å². The Kier molecular flexibility index (Phi) is 13.2. The Morgan fingerprint density at radius 3 is 1.81 bits per heavy atom. The second kappa shape index (κ2) is 17.3. The van der Waals surface area contributed by atoms with Crippen LogP contribution in [0.5, 0.6) is 11.5 Å². The number of ether oxygens (including phenoxy) is 4. The molecule has 0 aliphatic rings. The van der Waals surface area contributed by atoms with Crippen molar-refractivity contribution in [3.8, 4) is 28.7 Å². The Balaban J connectivity index is 1.42. The number of unbranched alkanes of at least 4 members (excludes halogenated alkanes) is 5. The Hall–Kier alpha value is -4.57. The summed E-state index contributed by atoms with van der Waals surface area (Å²) in [5, 5.41) is 9.15. The molecule has 0 N–H and O–H groups in total. The van der Waals surface area contributed by atoms with Gasteiger partial charge in [-0.1, -0.05) is 70.4 Å². The Morgan fingerprint density at radius 2 is 1.24 bits per heavy atom. The van der Waals surface area contributed by atoms with Crippen LogP contribution in [0.3, 0.4) is 0 Å². The van der Waals surface area contributed by atoms with Crippen LogP contribution < -0.4 is 9.47 Å². The lowest BCUT2D eigenvalue weighted by Crippen LogP contribution is -2.21. The van der Waals surface area contributed by atoms with Crippen LogP contribution in [0.4, 0.5) is 0 Å². The van der Waals surface area contributed by atoms with Gasteiger partial charge in [-0.15, -0.1) is 0 Å². The molecule has 0 spiro atoms. The van der Waals surface area contributed by atoms with Crippen molar-refractivity contribution < 1.29 is 28.5 Å². The maximum Gasteiger partial charge on any atom is 0.343 e. The Bertz CT molecular complexity index is 1310. The summed E-state index contributed by atoms with van der Waals surface area (Å²) in [5.74, 6) is 0.0774. The monoisotopic (exact) mass is 569 g/mol. The van der Waals surface area contributed by atoms with Crippen molar-refractivity contribution in [2.24, 2.45) is 5.92 Å². The fourth-order valence-corrected chi connectivity index (χ4v) is 4.13. The summed E-state index contributed by atoms with van der Waals surface area (Å²) in [6, 6.07) is 23.0. The second-order valence-electron chi connectivity index (χ2n) is 10.2. The van der Waals surface area contributed by atoms with Gasteiger partial charge in [0.25, 0.3) is 0 Å². The van der Waals surface area contributed by atoms with Gasteiger partial charge in [-0.3, -0.25) is 0 Å². The van der Waals surface area contributed by atoms with Crippen molar-refractivity contribution in [1.29, 1.82) is 5.26 Å². The summed E-state index contributed by atoms with van der Waals surface area (Å²) in [5.41, 5.74) is 2.59. The van der Waals surface area contributed by atoms with Gasteiger partial charge in [0.05, 0.1) is 30.6 Å². The van der Waals surface area contributed by atoms with E-state index in [1.807, 2.05) is 32.0 Å². The number of hydrogen-bond donors (Lipinski definition) is 0. The van der Waals surface area contributed by atoms with E-state index in [2.05, 4.69) is 6.58 Å². The number of nitriles is 1. The molecule has 0 saturated heterocycles. The molecule has 0 aliphatic carbocycles. The molecule has 42 heavy (non-hydrogen) atoms. The second-order valence-corrected chi connectivity index (χ2v) is 10.2. The van der Waals surface area contributed by atoms with E-state index in [-0.39, 0.29) is 5.92 Å². The molecule has 0 heterocycles. The van der Waals surface area contributed by atoms with Crippen molar-refractivity contribution >= 4 is 11.9 Å². The average molecular weight is 570 g/mol. The van der Waals surface area contributed by atoms with Gasteiger partial charge < -0.3 is 18.9 Å². The average Bonchev–Trinajstić information content (AvgIpc) is 3.01. The first-order valence-electron chi connectivity index (χ1n) is 14.4. The summed E-state index contributed by atoms with van der Waals surface area (Å²) in [6.45, 7) is 8.57. The predicted molar refractivity (Wildman–Crippen MR) is 162 cm³/mol. The van der Waals surface area contributed by atoms with E-state index in [0.717, 1.165) is 49.2 Å². The first kappa shape index (κ1) is 32.0. The third-order valence-electron chi connectivity index (χ3n) is 6.62. The van der Waals surface area contributed by atoms with Gasteiger partial charge in [0.15, 0.2) is 6.10 Å². The molecule has 7 heteroatoms. The van der Waals surface area contributed by atoms with Crippen LogP contribution in [0.25, 0.3) is 11.1 Å². The fraction of sp³-hybridized carbons (Fsp3) is 0.343. The molecule has 0 aliphatic heterocycles. The van der Waals surface area contributed by atoms with E-state index in [4.69, 9.17) is 24.2 Å². The van der Waals surface area contributed by atoms with E-state index < -0.39 is 18.0 Å². The van der Waals surface area contributed by atoms with Crippen LogP contribution in [0.1, 0.15) is 73.1 Å². The zero-order chi connectivity index (χ0) is 30.2. The lowest BCUT2D eigenvalue weighted by atomic mass is 10.0. The van der Waals surface area contributed by atoms with Gasteiger partial charge >= 0.3 is 11.9 Å². The zero-order valence-electron chi connectivity index (χ0n) is 24.4. The number of carbonyl (C=O) groups is 2. The lowest BCUT2D eigenvalue weighted by molar-refractivity contribution is 0.0325. The Morgan fingerprint density at radius 1 is 0.738 bits per heavy atom. The van der Waals surface area contributed by atoms with E-state index in [0.29, 0.717) is 23.5 Å². The molecular weight excluding hydrogens is 530 g/mol. The van der Waals surface area contributed by atoms with Gasteiger partial charge in [0.1, 0.15) is 17.6 Å². The normalized spacial score (nSPS) is 11.3. The number of benzene rings is 3. The molecule has 0 bridgehead atoms. The topological polar surface area (TPSA) is 94.8 Å². The molecule has 7 nitrogen and oxygen atoms in total. The summed E-state index contributed by atoms with van der Waals surface area (Å²) < 4.78 is 21.7. The van der Waals surface area contributed by atoms with Crippen molar-refractivity contribution in [2.45, 2.75) is 58.5 Å². The first-order chi connectivity index (χ1) is 20.4. The van der Waals surface area contributed by atoms with Crippen molar-refractivity contribution in [1.82, 2.24) is 0 Å². The minimum Gasteiger partial charge on any atom is -0.502 e.